The second-order valence-corrected chi connectivity index (χ2v) is 7.94. The molecule has 1 saturated heterocycles. The number of anilines is 1. The van der Waals surface area contributed by atoms with Crippen molar-refractivity contribution in [2.75, 3.05) is 18.0 Å². The van der Waals surface area contributed by atoms with Crippen molar-refractivity contribution in [3.63, 3.8) is 0 Å². The molecular weight excluding hydrogens is 300 g/mol. The summed E-state index contributed by atoms with van der Waals surface area (Å²) in [6.45, 7) is 10.4. The van der Waals surface area contributed by atoms with Crippen LogP contribution in [-0.4, -0.2) is 35.2 Å². The predicted molar refractivity (Wildman–Crippen MR) is 95.6 cm³/mol. The van der Waals surface area contributed by atoms with E-state index in [-0.39, 0.29) is 23.3 Å². The van der Waals surface area contributed by atoms with Gasteiger partial charge in [0.1, 0.15) is 0 Å². The fourth-order valence-corrected chi connectivity index (χ4v) is 3.90. The number of carbonyl (C=O) groups excluding carboxylic acids is 1. The Bertz CT molecular complexity index is 622. The summed E-state index contributed by atoms with van der Waals surface area (Å²) >= 11 is 0. The van der Waals surface area contributed by atoms with Gasteiger partial charge < -0.3 is 10.2 Å². The molecule has 1 aliphatic carbocycles. The third kappa shape index (κ3) is 3.45. The molecule has 130 valence electrons. The van der Waals surface area contributed by atoms with E-state index in [1.165, 1.54) is 5.57 Å². The van der Waals surface area contributed by atoms with Crippen molar-refractivity contribution in [1.82, 2.24) is 15.5 Å². The smallest absolute Gasteiger partial charge is 0.224 e. The van der Waals surface area contributed by atoms with Gasteiger partial charge in [-0.05, 0) is 50.2 Å². The summed E-state index contributed by atoms with van der Waals surface area (Å²) in [5, 5.41) is 11.4. The van der Waals surface area contributed by atoms with Crippen molar-refractivity contribution in [3.8, 4) is 0 Å². The number of piperidine rings is 1. The monoisotopic (exact) mass is 328 g/mol. The van der Waals surface area contributed by atoms with Crippen molar-refractivity contribution < 1.29 is 4.79 Å². The van der Waals surface area contributed by atoms with Gasteiger partial charge in [-0.2, -0.15) is 5.10 Å². The maximum atomic E-state index is 12.7. The Labute approximate surface area is 144 Å². The zero-order valence-electron chi connectivity index (χ0n) is 15.1. The molecule has 2 heterocycles. The van der Waals surface area contributed by atoms with E-state index in [1.807, 2.05) is 12.1 Å². The first-order chi connectivity index (χ1) is 11.4. The van der Waals surface area contributed by atoms with Crippen LogP contribution in [0.2, 0.25) is 0 Å². The van der Waals surface area contributed by atoms with Gasteiger partial charge in [0.05, 0.1) is 5.92 Å². The van der Waals surface area contributed by atoms with Gasteiger partial charge in [-0.3, -0.25) is 4.79 Å². The number of carbonyl (C=O) groups is 1. The van der Waals surface area contributed by atoms with Crippen LogP contribution in [0.1, 0.15) is 40.5 Å². The predicted octanol–water partition coefficient (Wildman–Crippen LogP) is 2.80. The molecule has 0 spiro atoms. The first-order valence-corrected chi connectivity index (χ1v) is 8.87. The minimum absolute atomic E-state index is 0.0701. The molecule has 2 aliphatic rings. The number of rotatable bonds is 4. The maximum Gasteiger partial charge on any atom is 0.224 e. The molecule has 3 atom stereocenters. The van der Waals surface area contributed by atoms with Crippen LogP contribution in [0.4, 0.5) is 5.82 Å². The number of hydrogen-bond donors (Lipinski definition) is 1. The summed E-state index contributed by atoms with van der Waals surface area (Å²) in [6, 6.07) is 4.07. The fraction of sp³-hybridized carbons (Fsp3) is 0.632. The van der Waals surface area contributed by atoms with Crippen LogP contribution in [0.25, 0.3) is 0 Å². The number of allylic oxidation sites excluding steroid dienone is 2. The third-order valence-corrected chi connectivity index (χ3v) is 5.36. The Kier molecular flexibility index (Phi) is 4.61. The minimum atomic E-state index is 0.0701. The SMILES string of the molecule is CC(C)=C[C@@H]1[C@H](C(=O)N[C@H]2CCCN(c3cccnn3)C2)C1(C)C. The summed E-state index contributed by atoms with van der Waals surface area (Å²) in [4.78, 5) is 15.0. The number of hydrogen-bond acceptors (Lipinski definition) is 4. The summed E-state index contributed by atoms with van der Waals surface area (Å²) in [7, 11) is 0. The highest BCUT2D eigenvalue weighted by Crippen LogP contribution is 2.59. The van der Waals surface area contributed by atoms with Gasteiger partial charge in [0, 0.05) is 25.3 Å². The largest absolute Gasteiger partial charge is 0.353 e. The van der Waals surface area contributed by atoms with Gasteiger partial charge in [0.25, 0.3) is 0 Å². The molecule has 0 aromatic carbocycles. The molecule has 0 unspecified atom stereocenters. The van der Waals surface area contributed by atoms with E-state index in [4.69, 9.17) is 0 Å². The van der Waals surface area contributed by atoms with E-state index in [0.717, 1.165) is 31.7 Å². The Morgan fingerprint density at radius 1 is 1.42 bits per heavy atom. The van der Waals surface area contributed by atoms with E-state index >= 15 is 0 Å². The van der Waals surface area contributed by atoms with Gasteiger partial charge in [-0.1, -0.05) is 25.5 Å². The van der Waals surface area contributed by atoms with E-state index in [2.05, 4.69) is 54.2 Å². The minimum Gasteiger partial charge on any atom is -0.353 e. The van der Waals surface area contributed by atoms with Gasteiger partial charge in [0.2, 0.25) is 5.91 Å². The van der Waals surface area contributed by atoms with E-state index < -0.39 is 0 Å². The number of aromatic nitrogens is 2. The average Bonchev–Trinajstić information content (AvgIpc) is 3.08. The molecule has 2 fully saturated rings. The summed E-state index contributed by atoms with van der Waals surface area (Å²) < 4.78 is 0. The molecule has 5 nitrogen and oxygen atoms in total. The lowest BCUT2D eigenvalue weighted by molar-refractivity contribution is -0.123. The highest BCUT2D eigenvalue weighted by atomic mass is 16.2. The van der Waals surface area contributed by atoms with E-state index in [1.54, 1.807) is 6.20 Å². The van der Waals surface area contributed by atoms with Crippen LogP contribution in [-0.2, 0) is 4.79 Å². The molecule has 0 bridgehead atoms. The second-order valence-electron chi connectivity index (χ2n) is 7.94. The highest BCUT2D eigenvalue weighted by molar-refractivity contribution is 5.84. The maximum absolute atomic E-state index is 12.7. The van der Waals surface area contributed by atoms with Gasteiger partial charge >= 0.3 is 0 Å². The van der Waals surface area contributed by atoms with Crippen molar-refractivity contribution in [2.45, 2.75) is 46.6 Å². The Hall–Kier alpha value is -1.91. The topological polar surface area (TPSA) is 58.1 Å². The fourth-order valence-electron chi connectivity index (χ4n) is 3.90. The van der Waals surface area contributed by atoms with E-state index in [9.17, 15) is 4.79 Å². The van der Waals surface area contributed by atoms with Gasteiger partial charge in [0.15, 0.2) is 5.82 Å². The number of nitrogens with zero attached hydrogens (tertiary/aromatic N) is 3. The summed E-state index contributed by atoms with van der Waals surface area (Å²) in [5.41, 5.74) is 1.36. The van der Waals surface area contributed by atoms with Gasteiger partial charge in [-0.15, -0.1) is 5.10 Å². The van der Waals surface area contributed by atoms with Crippen LogP contribution in [0.5, 0.6) is 0 Å². The third-order valence-electron chi connectivity index (χ3n) is 5.36. The molecule has 5 heteroatoms. The number of amides is 1. The lowest BCUT2D eigenvalue weighted by atomic mass is 10.0. The molecule has 24 heavy (non-hydrogen) atoms. The zero-order valence-corrected chi connectivity index (χ0v) is 15.1. The van der Waals surface area contributed by atoms with Crippen LogP contribution < -0.4 is 10.2 Å². The summed E-state index contributed by atoms with van der Waals surface area (Å²) in [6.07, 6.45) is 6.03. The van der Waals surface area contributed by atoms with Crippen LogP contribution in [0, 0.1) is 17.3 Å². The Morgan fingerprint density at radius 2 is 2.21 bits per heavy atom. The molecule has 1 N–H and O–H groups in total. The Morgan fingerprint density at radius 3 is 2.88 bits per heavy atom. The van der Waals surface area contributed by atoms with Crippen molar-refractivity contribution in [2.24, 2.45) is 17.3 Å². The van der Waals surface area contributed by atoms with Crippen LogP contribution in [0.3, 0.4) is 0 Å². The van der Waals surface area contributed by atoms with Crippen molar-refractivity contribution >= 4 is 11.7 Å². The van der Waals surface area contributed by atoms with Crippen molar-refractivity contribution in [1.29, 1.82) is 0 Å². The van der Waals surface area contributed by atoms with Gasteiger partial charge in [-0.25, -0.2) is 0 Å². The first-order valence-electron chi connectivity index (χ1n) is 8.87. The number of nitrogens with one attached hydrogen (secondary N) is 1. The molecule has 1 saturated carbocycles. The molecular formula is C19H28N4O. The summed E-state index contributed by atoms with van der Waals surface area (Å²) in [5.74, 6) is 1.56. The van der Waals surface area contributed by atoms with E-state index in [0.29, 0.717) is 5.92 Å². The van der Waals surface area contributed by atoms with Crippen molar-refractivity contribution in [3.05, 3.63) is 30.0 Å². The molecule has 1 amide bonds. The Balaban J connectivity index is 1.60. The first kappa shape index (κ1) is 16.9. The molecule has 1 aromatic heterocycles. The second kappa shape index (κ2) is 6.54. The van der Waals surface area contributed by atoms with Crippen LogP contribution >= 0.6 is 0 Å². The molecule has 0 radical (unpaired) electrons. The quantitative estimate of drug-likeness (QED) is 0.864. The lowest BCUT2D eigenvalue weighted by Crippen LogP contribution is -2.48. The lowest BCUT2D eigenvalue weighted by Gasteiger charge is -2.33. The molecule has 1 aromatic rings. The normalized spacial score (nSPS) is 28.2. The average molecular weight is 328 g/mol. The zero-order chi connectivity index (χ0) is 17.3. The highest BCUT2D eigenvalue weighted by Gasteiger charge is 2.60. The molecule has 3 rings (SSSR count). The standard InChI is InChI=1S/C19H28N4O/c1-13(2)11-15-17(19(15,3)4)18(24)21-14-7-6-10-23(12-14)16-8-5-9-20-22-16/h5,8-9,11,14-15,17H,6-7,10,12H2,1-4H3,(H,21,24)/t14-,15+,17+/m0/s1. The van der Waals surface area contributed by atoms with Crippen LogP contribution in [0.15, 0.2) is 30.0 Å². The molecule has 1 aliphatic heterocycles.